The first-order valence-electron chi connectivity index (χ1n) is 7.74. The molecular formula is C17H22ClNO3. The van der Waals surface area contributed by atoms with Gasteiger partial charge in [0.2, 0.25) is 5.91 Å². The summed E-state index contributed by atoms with van der Waals surface area (Å²) >= 11 is 5.94. The van der Waals surface area contributed by atoms with Crippen LogP contribution < -0.4 is 5.32 Å². The van der Waals surface area contributed by atoms with E-state index in [0.717, 1.165) is 18.4 Å². The van der Waals surface area contributed by atoms with E-state index < -0.39 is 23.3 Å². The summed E-state index contributed by atoms with van der Waals surface area (Å²) in [5.74, 6) is -1.99. The molecule has 1 aliphatic rings. The Kier molecular flexibility index (Phi) is 5.12. The summed E-state index contributed by atoms with van der Waals surface area (Å²) in [4.78, 5) is 23.6. The van der Waals surface area contributed by atoms with Crippen molar-refractivity contribution in [3.63, 3.8) is 0 Å². The quantitative estimate of drug-likeness (QED) is 0.840. The molecule has 0 aliphatic heterocycles. The van der Waals surface area contributed by atoms with Crippen molar-refractivity contribution in [1.29, 1.82) is 0 Å². The highest BCUT2D eigenvalue weighted by Gasteiger charge is 2.43. The Morgan fingerprint density at radius 1 is 1.18 bits per heavy atom. The molecule has 22 heavy (non-hydrogen) atoms. The van der Waals surface area contributed by atoms with Gasteiger partial charge in [-0.15, -0.1) is 0 Å². The van der Waals surface area contributed by atoms with Gasteiger partial charge in [0.1, 0.15) is 0 Å². The fraction of sp³-hybridized carbons (Fsp3) is 0.529. The molecule has 0 aromatic heterocycles. The van der Waals surface area contributed by atoms with Crippen LogP contribution in [0.3, 0.4) is 0 Å². The molecule has 1 fully saturated rings. The van der Waals surface area contributed by atoms with Crippen molar-refractivity contribution >= 4 is 23.5 Å². The molecular weight excluding hydrogens is 302 g/mol. The highest BCUT2D eigenvalue weighted by Crippen LogP contribution is 2.37. The lowest BCUT2D eigenvalue weighted by atomic mass is 9.72. The van der Waals surface area contributed by atoms with E-state index in [2.05, 4.69) is 5.32 Å². The number of aliphatic carboxylic acids is 1. The topological polar surface area (TPSA) is 66.4 Å². The lowest BCUT2D eigenvalue weighted by molar-refractivity contribution is -0.153. The number of hydrogen-bond acceptors (Lipinski definition) is 2. The van der Waals surface area contributed by atoms with Gasteiger partial charge in [0, 0.05) is 5.02 Å². The summed E-state index contributed by atoms with van der Waals surface area (Å²) in [7, 11) is 0. The van der Waals surface area contributed by atoms with Crippen LogP contribution in [0.15, 0.2) is 24.3 Å². The summed E-state index contributed by atoms with van der Waals surface area (Å²) in [5.41, 5.74) is 0.529. The van der Waals surface area contributed by atoms with E-state index >= 15 is 0 Å². The summed E-state index contributed by atoms with van der Waals surface area (Å²) in [5, 5.41) is 12.9. The SMILES string of the molecule is CCC(CC)(NC(=O)C1CCC1C(=O)O)c1ccc(Cl)cc1. The van der Waals surface area contributed by atoms with Crippen molar-refractivity contribution in [2.45, 2.75) is 45.1 Å². The number of amides is 1. The van der Waals surface area contributed by atoms with Gasteiger partial charge < -0.3 is 10.4 Å². The van der Waals surface area contributed by atoms with E-state index in [9.17, 15) is 9.59 Å². The number of nitrogens with one attached hydrogen (secondary N) is 1. The van der Waals surface area contributed by atoms with Crippen molar-refractivity contribution in [2.75, 3.05) is 0 Å². The van der Waals surface area contributed by atoms with E-state index in [0.29, 0.717) is 17.9 Å². The number of halogens is 1. The number of carboxylic acids is 1. The first-order valence-corrected chi connectivity index (χ1v) is 8.12. The molecule has 0 radical (unpaired) electrons. The number of rotatable bonds is 6. The monoisotopic (exact) mass is 323 g/mol. The maximum absolute atomic E-state index is 12.5. The number of hydrogen-bond donors (Lipinski definition) is 2. The molecule has 1 saturated carbocycles. The molecule has 1 aromatic carbocycles. The lowest BCUT2D eigenvalue weighted by Crippen LogP contribution is -2.52. The second kappa shape index (κ2) is 6.69. The Morgan fingerprint density at radius 3 is 2.14 bits per heavy atom. The normalized spacial score (nSPS) is 21.0. The van der Waals surface area contributed by atoms with Gasteiger partial charge in [-0.2, -0.15) is 0 Å². The molecule has 120 valence electrons. The maximum Gasteiger partial charge on any atom is 0.307 e. The Morgan fingerprint density at radius 2 is 1.73 bits per heavy atom. The van der Waals surface area contributed by atoms with Crippen LogP contribution in [0.2, 0.25) is 5.02 Å². The Hall–Kier alpha value is -1.55. The van der Waals surface area contributed by atoms with Crippen LogP contribution in [0.1, 0.15) is 45.1 Å². The smallest absolute Gasteiger partial charge is 0.307 e. The molecule has 0 heterocycles. The van der Waals surface area contributed by atoms with E-state index in [1.54, 1.807) is 0 Å². The van der Waals surface area contributed by atoms with Crippen molar-refractivity contribution in [3.05, 3.63) is 34.9 Å². The van der Waals surface area contributed by atoms with E-state index in [1.807, 2.05) is 38.1 Å². The van der Waals surface area contributed by atoms with Crippen LogP contribution in [-0.4, -0.2) is 17.0 Å². The maximum atomic E-state index is 12.5. The molecule has 0 spiro atoms. The Bertz CT molecular complexity index is 552. The molecule has 1 aromatic rings. The predicted molar refractivity (Wildman–Crippen MR) is 85.7 cm³/mol. The van der Waals surface area contributed by atoms with Gasteiger partial charge in [0.05, 0.1) is 17.4 Å². The zero-order valence-electron chi connectivity index (χ0n) is 12.9. The molecule has 1 aliphatic carbocycles. The molecule has 1 amide bonds. The highest BCUT2D eigenvalue weighted by atomic mass is 35.5. The van der Waals surface area contributed by atoms with Gasteiger partial charge in [0.15, 0.2) is 0 Å². The summed E-state index contributed by atoms with van der Waals surface area (Å²) in [6, 6.07) is 7.47. The van der Waals surface area contributed by atoms with Crippen LogP contribution in [0.25, 0.3) is 0 Å². The number of carbonyl (C=O) groups is 2. The Balaban J connectivity index is 2.19. The first-order chi connectivity index (χ1) is 10.4. The van der Waals surface area contributed by atoms with Crippen LogP contribution in [0, 0.1) is 11.8 Å². The average molecular weight is 324 g/mol. The number of benzene rings is 1. The fourth-order valence-corrected chi connectivity index (χ4v) is 3.24. The van der Waals surface area contributed by atoms with Crippen LogP contribution in [0.5, 0.6) is 0 Å². The van der Waals surface area contributed by atoms with Crippen molar-refractivity contribution in [3.8, 4) is 0 Å². The molecule has 2 unspecified atom stereocenters. The van der Waals surface area contributed by atoms with Gasteiger partial charge in [-0.05, 0) is 43.4 Å². The largest absolute Gasteiger partial charge is 0.481 e. The van der Waals surface area contributed by atoms with E-state index in [-0.39, 0.29) is 5.91 Å². The first kappa shape index (κ1) is 16.8. The minimum Gasteiger partial charge on any atom is -0.481 e. The third-order valence-electron chi connectivity index (χ3n) is 4.89. The van der Waals surface area contributed by atoms with Gasteiger partial charge in [-0.3, -0.25) is 9.59 Å². The minimum absolute atomic E-state index is 0.155. The fourth-order valence-electron chi connectivity index (χ4n) is 3.11. The molecule has 4 nitrogen and oxygen atoms in total. The van der Waals surface area contributed by atoms with Gasteiger partial charge in [-0.25, -0.2) is 0 Å². The third-order valence-corrected chi connectivity index (χ3v) is 5.15. The predicted octanol–water partition coefficient (Wildman–Crippen LogP) is 3.58. The zero-order chi connectivity index (χ0) is 16.3. The molecule has 2 rings (SSSR count). The van der Waals surface area contributed by atoms with Crippen LogP contribution in [0.4, 0.5) is 0 Å². The molecule has 2 N–H and O–H groups in total. The highest BCUT2D eigenvalue weighted by molar-refractivity contribution is 6.30. The average Bonchev–Trinajstić information content (AvgIpc) is 2.44. The minimum atomic E-state index is -0.878. The van der Waals surface area contributed by atoms with Gasteiger partial charge in [-0.1, -0.05) is 37.6 Å². The zero-order valence-corrected chi connectivity index (χ0v) is 13.7. The molecule has 2 atom stereocenters. The Labute approximate surface area is 135 Å². The number of carbonyl (C=O) groups excluding carboxylic acids is 1. The summed E-state index contributed by atoms with van der Waals surface area (Å²) < 4.78 is 0. The van der Waals surface area contributed by atoms with E-state index in [4.69, 9.17) is 16.7 Å². The van der Waals surface area contributed by atoms with Crippen molar-refractivity contribution < 1.29 is 14.7 Å². The third kappa shape index (κ3) is 3.12. The molecule has 0 saturated heterocycles. The van der Waals surface area contributed by atoms with E-state index in [1.165, 1.54) is 0 Å². The van der Waals surface area contributed by atoms with Gasteiger partial charge in [0.25, 0.3) is 0 Å². The molecule has 5 heteroatoms. The number of carboxylic acid groups (broad SMARTS) is 1. The second-order valence-corrected chi connectivity index (χ2v) is 6.35. The van der Waals surface area contributed by atoms with Crippen LogP contribution in [-0.2, 0) is 15.1 Å². The second-order valence-electron chi connectivity index (χ2n) is 5.91. The summed E-state index contributed by atoms with van der Waals surface area (Å²) in [6.45, 7) is 4.04. The van der Waals surface area contributed by atoms with Crippen molar-refractivity contribution in [1.82, 2.24) is 5.32 Å². The lowest BCUT2D eigenvalue weighted by Gasteiger charge is -2.39. The van der Waals surface area contributed by atoms with Crippen LogP contribution >= 0.6 is 11.6 Å². The van der Waals surface area contributed by atoms with Crippen molar-refractivity contribution in [2.24, 2.45) is 11.8 Å². The van der Waals surface area contributed by atoms with Gasteiger partial charge >= 0.3 is 5.97 Å². The standard InChI is InChI=1S/C17H22ClNO3/c1-3-17(4-2,11-5-7-12(18)8-6-11)19-15(20)13-9-10-14(13)16(21)22/h5-8,13-14H,3-4,9-10H2,1-2H3,(H,19,20)(H,21,22). The molecule has 0 bridgehead atoms. The summed E-state index contributed by atoms with van der Waals surface area (Å²) in [6.07, 6.45) is 2.70.